The lowest BCUT2D eigenvalue weighted by atomic mass is 9.95. The highest BCUT2D eigenvalue weighted by atomic mass is 35.5. The number of pyridine rings is 1. The fraction of sp³-hybridized carbons (Fsp3) is 0.333. The third-order valence-electron chi connectivity index (χ3n) is 7.03. The number of nitrogens with one attached hydrogen (secondary N) is 1. The lowest BCUT2D eigenvalue weighted by molar-refractivity contribution is -0.124. The summed E-state index contributed by atoms with van der Waals surface area (Å²) in [5.41, 5.74) is 3.01. The predicted octanol–water partition coefficient (Wildman–Crippen LogP) is 4.07. The summed E-state index contributed by atoms with van der Waals surface area (Å²) in [6.07, 6.45) is 1.89. The van der Waals surface area contributed by atoms with Crippen molar-refractivity contribution in [3.05, 3.63) is 81.2 Å². The standard InChI is InChI=1S/C30H30ClN3O8/c1-38-27-16-34(28(35)15-24(27)23-13-19(31)5-8-22(23)25-9-10-42-33-25)26(14-21-17-40-11-12-41-21)29(36)32-20-6-3-18(4-7-20)30(37)39-2/h3-8,13,15-16,21,26H,9-12,14,17H2,1-2H3,(H,32,36)/t21-,26?/m1/s1. The Hall–Kier alpha value is -4.19. The molecule has 42 heavy (non-hydrogen) atoms. The Balaban J connectivity index is 1.52. The minimum atomic E-state index is -0.973. The number of halogens is 1. The molecule has 0 saturated carbocycles. The van der Waals surface area contributed by atoms with Gasteiger partial charge in [0.25, 0.3) is 5.56 Å². The van der Waals surface area contributed by atoms with E-state index < -0.39 is 29.6 Å². The van der Waals surface area contributed by atoms with E-state index in [1.165, 1.54) is 31.0 Å². The fourth-order valence-electron chi connectivity index (χ4n) is 4.93. The number of rotatable bonds is 9. The zero-order chi connectivity index (χ0) is 29.6. The van der Waals surface area contributed by atoms with Crippen molar-refractivity contribution in [2.75, 3.05) is 46.0 Å². The Kier molecular flexibility index (Phi) is 9.21. The summed E-state index contributed by atoms with van der Waals surface area (Å²) in [6, 6.07) is 12.0. The predicted molar refractivity (Wildman–Crippen MR) is 155 cm³/mol. The van der Waals surface area contributed by atoms with Gasteiger partial charge in [0.05, 0.1) is 57.6 Å². The summed E-state index contributed by atoms with van der Waals surface area (Å²) in [5, 5.41) is 7.46. The summed E-state index contributed by atoms with van der Waals surface area (Å²) in [4.78, 5) is 44.4. The molecule has 11 nitrogen and oxygen atoms in total. The molecule has 3 aromatic rings. The molecule has 12 heteroatoms. The van der Waals surface area contributed by atoms with Gasteiger partial charge >= 0.3 is 5.97 Å². The monoisotopic (exact) mass is 595 g/mol. The largest absolute Gasteiger partial charge is 0.495 e. The Morgan fingerprint density at radius 2 is 1.88 bits per heavy atom. The van der Waals surface area contributed by atoms with Gasteiger partial charge in [-0.3, -0.25) is 14.2 Å². The van der Waals surface area contributed by atoms with Crippen LogP contribution in [0.2, 0.25) is 5.02 Å². The third-order valence-corrected chi connectivity index (χ3v) is 7.27. The van der Waals surface area contributed by atoms with Crippen LogP contribution in [-0.2, 0) is 23.8 Å². The summed E-state index contributed by atoms with van der Waals surface area (Å²) in [6.45, 7) is 1.60. The van der Waals surface area contributed by atoms with Crippen LogP contribution < -0.4 is 15.6 Å². The lowest BCUT2D eigenvalue weighted by Crippen LogP contribution is -2.38. The van der Waals surface area contributed by atoms with Crippen molar-refractivity contribution < 1.29 is 33.4 Å². The van der Waals surface area contributed by atoms with Gasteiger partial charge in [0.1, 0.15) is 18.4 Å². The number of benzene rings is 2. The number of hydrogen-bond acceptors (Lipinski definition) is 9. The topological polar surface area (TPSA) is 127 Å². The number of hydrogen-bond donors (Lipinski definition) is 1. The molecule has 0 radical (unpaired) electrons. The molecule has 1 fully saturated rings. The molecule has 3 heterocycles. The summed E-state index contributed by atoms with van der Waals surface area (Å²) >= 11 is 6.35. The van der Waals surface area contributed by atoms with Crippen LogP contribution in [0.4, 0.5) is 5.69 Å². The van der Waals surface area contributed by atoms with E-state index in [1.807, 2.05) is 6.07 Å². The van der Waals surface area contributed by atoms with Gasteiger partial charge in [-0.15, -0.1) is 0 Å². The molecule has 0 bridgehead atoms. The Labute approximate surface area is 246 Å². The number of amides is 1. The molecule has 2 aliphatic rings. The molecule has 5 rings (SSSR count). The number of anilines is 1. The second-order valence-electron chi connectivity index (χ2n) is 9.69. The molecule has 1 amide bonds. The lowest BCUT2D eigenvalue weighted by Gasteiger charge is -2.28. The second-order valence-corrected chi connectivity index (χ2v) is 10.1. The zero-order valence-electron chi connectivity index (χ0n) is 23.1. The van der Waals surface area contributed by atoms with Gasteiger partial charge in [-0.25, -0.2) is 4.79 Å². The number of ether oxygens (including phenoxy) is 4. The number of aromatic nitrogens is 1. The average Bonchev–Trinajstić information content (AvgIpc) is 3.55. The maximum atomic E-state index is 13.7. The molecular formula is C30H30ClN3O8. The van der Waals surface area contributed by atoms with Crippen molar-refractivity contribution in [3.8, 4) is 16.9 Å². The maximum absolute atomic E-state index is 13.7. The summed E-state index contributed by atoms with van der Waals surface area (Å²) < 4.78 is 23.2. The molecule has 2 aliphatic heterocycles. The number of methoxy groups -OCH3 is 2. The van der Waals surface area contributed by atoms with E-state index in [2.05, 4.69) is 10.5 Å². The Bertz CT molecular complexity index is 1550. The van der Waals surface area contributed by atoms with Gasteiger partial charge in [-0.05, 0) is 42.0 Å². The average molecular weight is 596 g/mol. The molecule has 1 N–H and O–H groups in total. The smallest absolute Gasteiger partial charge is 0.337 e. The van der Waals surface area contributed by atoms with Crippen LogP contribution in [0.1, 0.15) is 34.8 Å². The highest BCUT2D eigenvalue weighted by Gasteiger charge is 2.29. The molecule has 0 spiro atoms. The Morgan fingerprint density at radius 1 is 1.07 bits per heavy atom. The number of oxime groups is 1. The Morgan fingerprint density at radius 3 is 2.55 bits per heavy atom. The van der Waals surface area contributed by atoms with Crippen LogP contribution in [0.3, 0.4) is 0 Å². The SMILES string of the molecule is COC(=O)c1ccc(NC(=O)C(C[C@@H]2COCCO2)n2cc(OC)c(-c3cc(Cl)ccc3C3=NOCC3)cc2=O)cc1. The first-order chi connectivity index (χ1) is 20.4. The molecule has 1 aromatic heterocycles. The van der Waals surface area contributed by atoms with Gasteiger partial charge in [-0.1, -0.05) is 22.8 Å². The first-order valence-electron chi connectivity index (χ1n) is 13.4. The number of carbonyl (C=O) groups is 2. The van der Waals surface area contributed by atoms with Crippen molar-refractivity contribution in [1.29, 1.82) is 0 Å². The maximum Gasteiger partial charge on any atom is 0.337 e. The highest BCUT2D eigenvalue weighted by Crippen LogP contribution is 2.35. The first-order valence-corrected chi connectivity index (χ1v) is 13.7. The number of nitrogens with zero attached hydrogens (tertiary/aromatic N) is 2. The molecular weight excluding hydrogens is 566 g/mol. The quantitative estimate of drug-likeness (QED) is 0.367. The fourth-order valence-corrected chi connectivity index (χ4v) is 5.11. The van der Waals surface area contributed by atoms with E-state index in [4.69, 9.17) is 35.4 Å². The van der Waals surface area contributed by atoms with Crippen molar-refractivity contribution in [1.82, 2.24) is 4.57 Å². The molecule has 2 aromatic carbocycles. The second kappa shape index (κ2) is 13.2. The van der Waals surface area contributed by atoms with Crippen LogP contribution in [0.15, 0.2) is 64.7 Å². The number of carbonyl (C=O) groups excluding carboxylic acids is 2. The number of esters is 1. The third kappa shape index (κ3) is 6.48. The normalized spacial score (nSPS) is 17.1. The van der Waals surface area contributed by atoms with Gasteiger partial charge < -0.3 is 29.1 Å². The van der Waals surface area contributed by atoms with Crippen molar-refractivity contribution in [2.45, 2.75) is 25.0 Å². The van der Waals surface area contributed by atoms with Gasteiger partial charge in [0.15, 0.2) is 0 Å². The van der Waals surface area contributed by atoms with Crippen LogP contribution in [-0.4, -0.2) is 68.9 Å². The van der Waals surface area contributed by atoms with Crippen LogP contribution in [0, 0.1) is 0 Å². The van der Waals surface area contributed by atoms with Crippen molar-refractivity contribution >= 4 is 34.9 Å². The van der Waals surface area contributed by atoms with E-state index in [0.717, 1.165) is 11.3 Å². The van der Waals surface area contributed by atoms with E-state index in [1.54, 1.807) is 36.4 Å². The van der Waals surface area contributed by atoms with E-state index in [9.17, 15) is 14.4 Å². The minimum absolute atomic E-state index is 0.172. The minimum Gasteiger partial charge on any atom is -0.495 e. The summed E-state index contributed by atoms with van der Waals surface area (Å²) in [7, 11) is 2.78. The molecule has 2 atom stereocenters. The van der Waals surface area contributed by atoms with Gasteiger partial charge in [0, 0.05) is 40.7 Å². The van der Waals surface area contributed by atoms with E-state index in [-0.39, 0.29) is 13.0 Å². The van der Waals surface area contributed by atoms with E-state index >= 15 is 0 Å². The van der Waals surface area contributed by atoms with Crippen LogP contribution >= 0.6 is 11.6 Å². The van der Waals surface area contributed by atoms with Crippen molar-refractivity contribution in [2.24, 2.45) is 5.16 Å². The molecule has 1 saturated heterocycles. The van der Waals surface area contributed by atoms with Crippen LogP contribution in [0.5, 0.6) is 5.75 Å². The van der Waals surface area contributed by atoms with Gasteiger partial charge in [-0.2, -0.15) is 0 Å². The van der Waals surface area contributed by atoms with E-state index in [0.29, 0.717) is 59.4 Å². The molecule has 220 valence electrons. The van der Waals surface area contributed by atoms with Gasteiger partial charge in [0.2, 0.25) is 5.91 Å². The first kappa shape index (κ1) is 29.3. The highest BCUT2D eigenvalue weighted by molar-refractivity contribution is 6.31. The van der Waals surface area contributed by atoms with Crippen LogP contribution in [0.25, 0.3) is 11.1 Å². The van der Waals surface area contributed by atoms with Crippen molar-refractivity contribution in [3.63, 3.8) is 0 Å². The summed E-state index contributed by atoms with van der Waals surface area (Å²) in [5.74, 6) is -0.583. The molecule has 1 unspecified atom stereocenters. The zero-order valence-corrected chi connectivity index (χ0v) is 23.9. The molecule has 0 aliphatic carbocycles.